The Bertz CT molecular complexity index is 247. The van der Waals surface area contributed by atoms with Gasteiger partial charge in [0.15, 0.2) is 0 Å². The van der Waals surface area contributed by atoms with Crippen molar-refractivity contribution in [2.75, 3.05) is 28.2 Å². The van der Waals surface area contributed by atoms with Crippen LogP contribution in [-0.2, 0) is 0 Å². The Balaban J connectivity index is 0.000000255. The zero-order valence-electron chi connectivity index (χ0n) is 9.62. The molecule has 1 rings (SSSR count). The summed E-state index contributed by atoms with van der Waals surface area (Å²) in [4.78, 5) is 0. The Morgan fingerprint density at radius 1 is 1.14 bits per heavy atom. The van der Waals surface area contributed by atoms with Crippen molar-refractivity contribution in [1.29, 1.82) is 0 Å². The molecule has 1 N–H and O–H groups in total. The lowest BCUT2D eigenvalue weighted by atomic mass is 10.2. The Kier molecular flexibility index (Phi) is 5.84. The summed E-state index contributed by atoms with van der Waals surface area (Å²) in [5, 5.41) is 0. The molecule has 0 aromatic heterocycles. The van der Waals surface area contributed by atoms with Crippen molar-refractivity contribution in [3.63, 3.8) is 0 Å². The van der Waals surface area contributed by atoms with E-state index in [0.717, 1.165) is 4.59 Å². The summed E-state index contributed by atoms with van der Waals surface area (Å²) < 4.78 is 0.819. The van der Waals surface area contributed by atoms with Crippen LogP contribution in [0.5, 0.6) is 0 Å². The number of nitrogens with one attached hydrogen (secondary N) is 1. The van der Waals surface area contributed by atoms with E-state index in [9.17, 15) is 0 Å². The molecule has 0 spiro atoms. The van der Waals surface area contributed by atoms with Gasteiger partial charge in [-0.15, -0.1) is 0 Å². The minimum Gasteiger partial charge on any atom is -0.253 e. The number of hydrogen-bond acceptors (Lipinski definition) is 1. The van der Waals surface area contributed by atoms with E-state index in [0.29, 0.717) is 0 Å². The van der Waals surface area contributed by atoms with Crippen LogP contribution in [0.3, 0.4) is 0 Å². The minimum atomic E-state index is 0.819. The second-order valence-electron chi connectivity index (χ2n) is 3.85. The number of nitrogens with zero attached hydrogens (tertiary/aromatic N) is 1. The Hall–Kier alpha value is -1.12. The van der Waals surface area contributed by atoms with Gasteiger partial charge in [0.05, 0.1) is 21.1 Å². The summed E-state index contributed by atoms with van der Waals surface area (Å²) in [5.41, 5.74) is 4.22. The Morgan fingerprint density at radius 3 is 1.79 bits per heavy atom. The van der Waals surface area contributed by atoms with Crippen LogP contribution in [0.4, 0.5) is 0 Å². The highest BCUT2D eigenvalue weighted by atomic mass is 15.6. The molecular formula is C12H21N2+. The van der Waals surface area contributed by atoms with Gasteiger partial charge in [0.25, 0.3) is 0 Å². The molecule has 0 amide bonds. The average Bonchev–Trinajstić information content (AvgIpc) is 2.19. The summed E-state index contributed by atoms with van der Waals surface area (Å²) in [6.45, 7) is 3.63. The molecule has 1 aromatic carbocycles. The van der Waals surface area contributed by atoms with E-state index in [1.165, 1.54) is 5.56 Å². The third-order valence-corrected chi connectivity index (χ3v) is 1.71. The Morgan fingerprint density at radius 2 is 1.57 bits per heavy atom. The normalized spacial score (nSPS) is 10.0. The fraction of sp³-hybridized carbons (Fsp3) is 0.333. The van der Waals surface area contributed by atoms with Crippen LogP contribution in [0.2, 0.25) is 0 Å². The van der Waals surface area contributed by atoms with Gasteiger partial charge in [-0.2, -0.15) is 5.43 Å². The topological polar surface area (TPSA) is 12.0 Å². The third-order valence-electron chi connectivity index (χ3n) is 1.71. The van der Waals surface area contributed by atoms with Crippen LogP contribution >= 0.6 is 0 Å². The van der Waals surface area contributed by atoms with Crippen molar-refractivity contribution < 1.29 is 4.59 Å². The van der Waals surface area contributed by atoms with Crippen LogP contribution in [0, 0.1) is 0 Å². The highest BCUT2D eigenvalue weighted by Crippen LogP contribution is 1.97. The molecule has 0 unspecified atom stereocenters. The van der Waals surface area contributed by atoms with Gasteiger partial charge < -0.3 is 0 Å². The molecule has 0 saturated carbocycles. The van der Waals surface area contributed by atoms with E-state index < -0.39 is 0 Å². The molecule has 0 aliphatic heterocycles. The zero-order valence-corrected chi connectivity index (χ0v) is 9.62. The van der Waals surface area contributed by atoms with E-state index in [4.69, 9.17) is 0 Å². The maximum Gasteiger partial charge on any atom is 0.0853 e. The molecule has 0 saturated heterocycles. The van der Waals surface area contributed by atoms with Crippen molar-refractivity contribution in [2.45, 2.75) is 0 Å². The molecule has 14 heavy (non-hydrogen) atoms. The fourth-order valence-electron chi connectivity index (χ4n) is 0.589. The average molecular weight is 193 g/mol. The second kappa shape index (κ2) is 6.35. The van der Waals surface area contributed by atoms with Crippen molar-refractivity contribution in [1.82, 2.24) is 5.43 Å². The summed E-state index contributed by atoms with van der Waals surface area (Å²) >= 11 is 0. The largest absolute Gasteiger partial charge is 0.253 e. The molecule has 0 radical (unpaired) electrons. The van der Waals surface area contributed by atoms with Crippen LogP contribution < -0.4 is 5.43 Å². The maximum atomic E-state index is 3.63. The van der Waals surface area contributed by atoms with Gasteiger partial charge in [-0.25, -0.2) is 0 Å². The highest BCUT2D eigenvalue weighted by Gasteiger charge is 1.97. The zero-order chi connectivity index (χ0) is 11.0. The first-order valence-corrected chi connectivity index (χ1v) is 4.67. The first kappa shape index (κ1) is 12.9. The summed E-state index contributed by atoms with van der Waals surface area (Å²) in [5.74, 6) is 0. The smallest absolute Gasteiger partial charge is 0.0853 e. The lowest BCUT2D eigenvalue weighted by Crippen LogP contribution is -2.45. The van der Waals surface area contributed by atoms with E-state index in [2.05, 4.69) is 33.1 Å². The van der Waals surface area contributed by atoms with Crippen LogP contribution in [0.1, 0.15) is 5.56 Å². The summed E-state index contributed by atoms with van der Waals surface area (Å²) in [6, 6.07) is 10.0. The van der Waals surface area contributed by atoms with Gasteiger partial charge >= 0.3 is 0 Å². The first-order valence-electron chi connectivity index (χ1n) is 4.67. The molecular weight excluding hydrogens is 172 g/mol. The molecule has 0 aliphatic rings. The highest BCUT2D eigenvalue weighted by molar-refractivity contribution is 5.45. The monoisotopic (exact) mass is 193 g/mol. The molecule has 0 fully saturated rings. The second-order valence-corrected chi connectivity index (χ2v) is 3.85. The molecule has 2 heteroatoms. The van der Waals surface area contributed by atoms with Gasteiger partial charge in [-0.3, -0.25) is 4.59 Å². The first-order chi connectivity index (χ1) is 6.49. The fourth-order valence-corrected chi connectivity index (χ4v) is 0.589. The Labute approximate surface area is 87.4 Å². The number of quaternary nitrogens is 1. The quantitative estimate of drug-likeness (QED) is 0.560. The van der Waals surface area contributed by atoms with Crippen molar-refractivity contribution in [2.24, 2.45) is 0 Å². The molecule has 0 heterocycles. The minimum absolute atomic E-state index is 0.819. The lowest BCUT2D eigenvalue weighted by Gasteiger charge is -2.20. The molecule has 0 bridgehead atoms. The number of benzene rings is 1. The van der Waals surface area contributed by atoms with Crippen LogP contribution in [0.15, 0.2) is 36.9 Å². The molecule has 0 atom stereocenters. The third kappa shape index (κ3) is 7.53. The van der Waals surface area contributed by atoms with Gasteiger partial charge in [0.2, 0.25) is 0 Å². The van der Waals surface area contributed by atoms with Gasteiger partial charge in [0.1, 0.15) is 0 Å². The molecule has 1 aromatic rings. The SMILES string of the molecule is C=Cc1ccccc1.CN[N+](C)(C)C. The van der Waals surface area contributed by atoms with Crippen molar-refractivity contribution >= 4 is 6.08 Å². The van der Waals surface area contributed by atoms with E-state index >= 15 is 0 Å². The number of hydrogen-bond donors (Lipinski definition) is 1. The van der Waals surface area contributed by atoms with Gasteiger partial charge in [0, 0.05) is 7.05 Å². The number of rotatable bonds is 2. The van der Waals surface area contributed by atoms with E-state index in [1.807, 2.05) is 43.5 Å². The van der Waals surface area contributed by atoms with Crippen molar-refractivity contribution in [3.05, 3.63) is 42.5 Å². The molecule has 2 nitrogen and oxygen atoms in total. The predicted octanol–water partition coefficient (Wildman–Crippen LogP) is 2.16. The standard InChI is InChI=1S/C8H8.C4H13N2/c1-2-8-6-4-3-5-7-8;1-5-6(2,3)4/h2-7H,1H2;5H,1-4H3/q;+1. The predicted molar refractivity (Wildman–Crippen MR) is 63.6 cm³/mol. The van der Waals surface area contributed by atoms with Gasteiger partial charge in [-0.1, -0.05) is 43.0 Å². The van der Waals surface area contributed by atoms with Crippen LogP contribution in [-0.4, -0.2) is 32.8 Å². The van der Waals surface area contributed by atoms with E-state index in [1.54, 1.807) is 0 Å². The summed E-state index contributed by atoms with van der Waals surface area (Å²) in [6.07, 6.45) is 1.83. The van der Waals surface area contributed by atoms with Gasteiger partial charge in [-0.05, 0) is 5.56 Å². The summed E-state index contributed by atoms with van der Waals surface area (Å²) in [7, 11) is 8.14. The molecule has 0 aliphatic carbocycles. The lowest BCUT2D eigenvalue weighted by molar-refractivity contribution is -0.913. The van der Waals surface area contributed by atoms with Crippen LogP contribution in [0.25, 0.3) is 6.08 Å². The molecule has 78 valence electrons. The maximum absolute atomic E-state index is 3.63. The van der Waals surface area contributed by atoms with E-state index in [-0.39, 0.29) is 0 Å². The van der Waals surface area contributed by atoms with Crippen molar-refractivity contribution in [3.8, 4) is 0 Å².